The number of rotatable bonds is 5. The van der Waals surface area contributed by atoms with E-state index in [1.54, 1.807) is 42.6 Å². The molecule has 25 heavy (non-hydrogen) atoms. The Hall–Kier alpha value is -2.60. The third-order valence-corrected chi connectivity index (χ3v) is 4.67. The number of carbonyl (C=O) groups excluding carboxylic acids is 2. The van der Waals surface area contributed by atoms with E-state index in [1.165, 1.54) is 12.0 Å². The highest BCUT2D eigenvalue weighted by atomic mass is 35.5. The maximum Gasteiger partial charge on any atom is 0.325 e. The van der Waals surface area contributed by atoms with Crippen LogP contribution in [0.4, 0.5) is 4.79 Å². The van der Waals surface area contributed by atoms with Crippen LogP contribution in [-0.4, -0.2) is 28.9 Å². The first-order valence-corrected chi connectivity index (χ1v) is 8.27. The Balaban J connectivity index is 1.94. The summed E-state index contributed by atoms with van der Waals surface area (Å²) in [5.41, 5.74) is 0.284. The smallest absolute Gasteiger partial charge is 0.325 e. The first-order valence-electron chi connectivity index (χ1n) is 7.90. The van der Waals surface area contributed by atoms with Crippen molar-refractivity contribution in [2.45, 2.75) is 25.4 Å². The number of imide groups is 1. The molecule has 6 nitrogen and oxygen atoms in total. The van der Waals surface area contributed by atoms with Gasteiger partial charge in [-0.15, -0.1) is 0 Å². The summed E-state index contributed by atoms with van der Waals surface area (Å²) in [5, 5.41) is 3.42. The lowest BCUT2D eigenvalue weighted by Gasteiger charge is -2.26. The van der Waals surface area contributed by atoms with Crippen LogP contribution in [0.1, 0.15) is 24.5 Å². The van der Waals surface area contributed by atoms with Gasteiger partial charge in [0.2, 0.25) is 5.88 Å². The van der Waals surface area contributed by atoms with Crippen LogP contribution in [-0.2, 0) is 16.9 Å². The number of aromatic nitrogens is 1. The van der Waals surface area contributed by atoms with Gasteiger partial charge in [-0.25, -0.2) is 9.78 Å². The predicted octanol–water partition coefficient (Wildman–Crippen LogP) is 3.10. The van der Waals surface area contributed by atoms with E-state index in [-0.39, 0.29) is 12.5 Å². The molecule has 1 aromatic heterocycles. The molecule has 0 unspecified atom stereocenters. The van der Waals surface area contributed by atoms with Gasteiger partial charge in [0, 0.05) is 16.8 Å². The highest BCUT2D eigenvalue weighted by Crippen LogP contribution is 2.34. The molecule has 1 saturated heterocycles. The van der Waals surface area contributed by atoms with E-state index in [0.29, 0.717) is 28.5 Å². The maximum absolute atomic E-state index is 13.1. The van der Waals surface area contributed by atoms with Crippen LogP contribution in [0.2, 0.25) is 5.02 Å². The standard InChI is InChI=1S/C18H18ClN3O3/c1-3-18(13-6-8-14(19)9-7-13)16(23)22(17(24)21-18)11-12-5-4-10-20-15(12)25-2/h4-10H,3,11H2,1-2H3,(H,21,24)/t18-/m1/s1. The zero-order chi connectivity index (χ0) is 18.0. The van der Waals surface area contributed by atoms with Crippen LogP contribution in [0.5, 0.6) is 5.88 Å². The Morgan fingerprint density at radius 3 is 2.60 bits per heavy atom. The van der Waals surface area contributed by atoms with E-state index in [0.717, 1.165) is 0 Å². The van der Waals surface area contributed by atoms with Crippen molar-refractivity contribution in [2.24, 2.45) is 0 Å². The van der Waals surface area contributed by atoms with Crippen LogP contribution in [0.3, 0.4) is 0 Å². The average Bonchev–Trinajstić information content (AvgIpc) is 2.88. The predicted molar refractivity (Wildman–Crippen MR) is 93.3 cm³/mol. The summed E-state index contributed by atoms with van der Waals surface area (Å²) in [7, 11) is 1.50. The summed E-state index contributed by atoms with van der Waals surface area (Å²) < 4.78 is 5.21. The molecule has 1 aromatic carbocycles. The van der Waals surface area contributed by atoms with Gasteiger partial charge in [0.1, 0.15) is 5.54 Å². The Labute approximate surface area is 150 Å². The topological polar surface area (TPSA) is 71.5 Å². The molecule has 0 radical (unpaired) electrons. The molecule has 0 saturated carbocycles. The normalized spacial score (nSPS) is 19.9. The van der Waals surface area contributed by atoms with Crippen LogP contribution >= 0.6 is 11.6 Å². The molecule has 1 aliphatic rings. The second-order valence-electron chi connectivity index (χ2n) is 5.76. The van der Waals surface area contributed by atoms with Gasteiger partial charge < -0.3 is 10.1 Å². The molecule has 1 aliphatic heterocycles. The summed E-state index contributed by atoms with van der Waals surface area (Å²) in [6, 6.07) is 10.0. The number of hydrogen-bond acceptors (Lipinski definition) is 4. The van der Waals surface area contributed by atoms with Crippen molar-refractivity contribution < 1.29 is 14.3 Å². The lowest BCUT2D eigenvalue weighted by Crippen LogP contribution is -2.43. The minimum Gasteiger partial charge on any atom is -0.481 e. The van der Waals surface area contributed by atoms with Gasteiger partial charge in [-0.05, 0) is 30.2 Å². The number of nitrogens with zero attached hydrogens (tertiary/aromatic N) is 2. The van der Waals surface area contributed by atoms with Crippen LogP contribution in [0.25, 0.3) is 0 Å². The van der Waals surface area contributed by atoms with E-state index in [2.05, 4.69) is 10.3 Å². The Bertz CT molecular complexity index is 809. The van der Waals surface area contributed by atoms with Gasteiger partial charge in [-0.1, -0.05) is 36.7 Å². The highest BCUT2D eigenvalue weighted by Gasteiger charge is 2.51. The van der Waals surface area contributed by atoms with Gasteiger partial charge >= 0.3 is 6.03 Å². The number of halogens is 1. The van der Waals surface area contributed by atoms with E-state index in [1.807, 2.05) is 6.92 Å². The number of carbonyl (C=O) groups is 2. The second-order valence-corrected chi connectivity index (χ2v) is 6.20. The van der Waals surface area contributed by atoms with E-state index in [4.69, 9.17) is 16.3 Å². The summed E-state index contributed by atoms with van der Waals surface area (Å²) in [6.07, 6.45) is 2.03. The number of nitrogens with one attached hydrogen (secondary N) is 1. The van der Waals surface area contributed by atoms with Crippen LogP contribution in [0.15, 0.2) is 42.6 Å². The monoisotopic (exact) mass is 359 g/mol. The number of ether oxygens (including phenoxy) is 1. The number of benzene rings is 1. The van der Waals surface area contributed by atoms with Crippen LogP contribution < -0.4 is 10.1 Å². The molecule has 1 N–H and O–H groups in total. The van der Waals surface area contributed by atoms with Gasteiger partial charge in [-0.3, -0.25) is 9.69 Å². The summed E-state index contributed by atoms with van der Waals surface area (Å²) in [5.74, 6) is 0.0943. The van der Waals surface area contributed by atoms with Crippen molar-refractivity contribution in [3.8, 4) is 5.88 Å². The van der Waals surface area contributed by atoms with Crippen LogP contribution in [0, 0.1) is 0 Å². The fourth-order valence-corrected chi connectivity index (χ4v) is 3.17. The van der Waals surface area contributed by atoms with Gasteiger partial charge in [0.25, 0.3) is 5.91 Å². The molecule has 0 bridgehead atoms. The minimum absolute atomic E-state index is 0.0943. The molecule has 130 valence electrons. The molecular weight excluding hydrogens is 342 g/mol. The van der Waals surface area contributed by atoms with Gasteiger partial charge in [-0.2, -0.15) is 0 Å². The summed E-state index contributed by atoms with van der Waals surface area (Å²) in [4.78, 5) is 30.9. The molecule has 2 heterocycles. The number of urea groups is 1. The number of amides is 3. The molecule has 0 aliphatic carbocycles. The average molecular weight is 360 g/mol. The molecule has 3 amide bonds. The second kappa shape index (κ2) is 6.72. The Morgan fingerprint density at radius 2 is 1.96 bits per heavy atom. The van der Waals surface area contributed by atoms with E-state index in [9.17, 15) is 9.59 Å². The van der Waals surface area contributed by atoms with Gasteiger partial charge in [0.15, 0.2) is 0 Å². The molecule has 2 aromatic rings. The van der Waals surface area contributed by atoms with Crippen molar-refractivity contribution in [1.82, 2.24) is 15.2 Å². The van der Waals surface area contributed by atoms with Crippen molar-refractivity contribution >= 4 is 23.5 Å². The van der Waals surface area contributed by atoms with Crippen molar-refractivity contribution in [3.63, 3.8) is 0 Å². The molecule has 7 heteroatoms. The summed E-state index contributed by atoms with van der Waals surface area (Å²) in [6.45, 7) is 1.96. The van der Waals surface area contributed by atoms with E-state index >= 15 is 0 Å². The molecular formula is C18H18ClN3O3. The minimum atomic E-state index is -1.09. The zero-order valence-corrected chi connectivity index (χ0v) is 14.7. The lowest BCUT2D eigenvalue weighted by atomic mass is 9.87. The third-order valence-electron chi connectivity index (χ3n) is 4.41. The summed E-state index contributed by atoms with van der Waals surface area (Å²) >= 11 is 5.94. The fraction of sp³-hybridized carbons (Fsp3) is 0.278. The number of methoxy groups -OCH3 is 1. The Kier molecular flexibility index (Phi) is 4.63. The van der Waals surface area contributed by atoms with Crippen molar-refractivity contribution in [2.75, 3.05) is 7.11 Å². The molecule has 3 rings (SSSR count). The largest absolute Gasteiger partial charge is 0.481 e. The molecule has 1 fully saturated rings. The van der Waals surface area contributed by atoms with Gasteiger partial charge in [0.05, 0.1) is 13.7 Å². The third kappa shape index (κ3) is 2.93. The lowest BCUT2D eigenvalue weighted by molar-refractivity contribution is -0.132. The fourth-order valence-electron chi connectivity index (χ4n) is 3.04. The highest BCUT2D eigenvalue weighted by molar-refractivity contribution is 6.30. The first kappa shape index (κ1) is 17.2. The molecule has 1 atom stereocenters. The number of pyridine rings is 1. The quantitative estimate of drug-likeness (QED) is 0.833. The Morgan fingerprint density at radius 1 is 1.24 bits per heavy atom. The SMILES string of the molecule is CC[C@]1(c2ccc(Cl)cc2)NC(=O)N(Cc2cccnc2OC)C1=O. The van der Waals surface area contributed by atoms with E-state index < -0.39 is 11.6 Å². The maximum atomic E-state index is 13.1. The first-order chi connectivity index (χ1) is 12.0. The van der Waals surface area contributed by atoms with Crippen molar-refractivity contribution in [3.05, 3.63) is 58.7 Å². The zero-order valence-electron chi connectivity index (χ0n) is 14.0. The molecule has 0 spiro atoms. The van der Waals surface area contributed by atoms with Crippen molar-refractivity contribution in [1.29, 1.82) is 0 Å². The number of hydrogen-bond donors (Lipinski definition) is 1.